The molecule has 0 N–H and O–H groups in total. The van der Waals surface area contributed by atoms with Gasteiger partial charge in [0, 0.05) is 47.4 Å². The van der Waals surface area contributed by atoms with Gasteiger partial charge in [0.2, 0.25) is 0 Å². The average molecular weight is 540 g/mol. The summed E-state index contributed by atoms with van der Waals surface area (Å²) in [5.74, 6) is 0. The molecule has 0 fully saturated rings. The quantitative estimate of drug-likeness (QED) is 0.190. The molecular formula is C37H21N3S. The zero-order valence-corrected chi connectivity index (χ0v) is 22.7. The Morgan fingerprint density at radius 3 is 2.15 bits per heavy atom. The third-order valence-electron chi connectivity index (χ3n) is 8.66. The van der Waals surface area contributed by atoms with E-state index in [9.17, 15) is 0 Å². The predicted octanol–water partition coefficient (Wildman–Crippen LogP) is 10.3. The zero-order valence-electron chi connectivity index (χ0n) is 21.9. The van der Waals surface area contributed by atoms with E-state index in [2.05, 4.69) is 136 Å². The van der Waals surface area contributed by atoms with Crippen molar-refractivity contribution < 1.29 is 0 Å². The normalized spacial score (nSPS) is 12.4. The lowest BCUT2D eigenvalue weighted by atomic mass is 10.0. The number of aromatic nitrogens is 3. The molecule has 10 aromatic rings. The lowest BCUT2D eigenvalue weighted by Gasteiger charge is -2.11. The van der Waals surface area contributed by atoms with E-state index in [0.717, 1.165) is 22.4 Å². The second kappa shape index (κ2) is 7.72. The van der Waals surface area contributed by atoms with E-state index in [1.807, 2.05) is 11.3 Å². The van der Waals surface area contributed by atoms with Crippen LogP contribution in [0.3, 0.4) is 0 Å². The van der Waals surface area contributed by atoms with E-state index in [1.54, 1.807) is 0 Å². The molecule has 0 unspecified atom stereocenters. The van der Waals surface area contributed by atoms with Gasteiger partial charge in [0.15, 0.2) is 0 Å². The molecule has 0 aliphatic rings. The van der Waals surface area contributed by atoms with Crippen molar-refractivity contribution in [2.24, 2.45) is 0 Å². The number of imidazole rings is 1. The van der Waals surface area contributed by atoms with Gasteiger partial charge in [-0.3, -0.25) is 4.40 Å². The van der Waals surface area contributed by atoms with Crippen LogP contribution in [-0.2, 0) is 0 Å². The fourth-order valence-corrected chi connectivity index (χ4v) is 8.20. The Labute approximate surface area is 238 Å². The molecule has 0 radical (unpaired) electrons. The number of hydrogen-bond acceptors (Lipinski definition) is 2. The number of hydrogen-bond donors (Lipinski definition) is 0. The minimum atomic E-state index is 0.999. The van der Waals surface area contributed by atoms with Crippen LogP contribution >= 0.6 is 11.3 Å². The summed E-state index contributed by atoms with van der Waals surface area (Å²) in [6.45, 7) is 0. The number of thiophene rings is 1. The highest BCUT2D eigenvalue weighted by atomic mass is 32.1. The minimum Gasteiger partial charge on any atom is -0.309 e. The highest BCUT2D eigenvalue weighted by molar-refractivity contribution is 7.26. The third kappa shape index (κ3) is 2.75. The Balaban J connectivity index is 1.50. The van der Waals surface area contributed by atoms with Gasteiger partial charge in [-0.15, -0.1) is 11.3 Å². The van der Waals surface area contributed by atoms with Gasteiger partial charge >= 0.3 is 0 Å². The Bertz CT molecular complexity index is 2690. The van der Waals surface area contributed by atoms with Crippen LogP contribution in [-0.4, -0.2) is 14.0 Å². The Hall–Kier alpha value is -5.19. The Morgan fingerprint density at radius 2 is 1.24 bits per heavy atom. The van der Waals surface area contributed by atoms with Crippen molar-refractivity contribution in [3.8, 4) is 5.69 Å². The van der Waals surface area contributed by atoms with E-state index in [-0.39, 0.29) is 0 Å². The van der Waals surface area contributed by atoms with Crippen molar-refractivity contribution in [1.82, 2.24) is 14.0 Å². The van der Waals surface area contributed by atoms with Crippen molar-refractivity contribution in [3.05, 3.63) is 127 Å². The average Bonchev–Trinajstić information content (AvgIpc) is 3.70. The van der Waals surface area contributed by atoms with Gasteiger partial charge in [-0.1, -0.05) is 72.8 Å². The molecule has 0 spiro atoms. The number of pyridine rings is 1. The van der Waals surface area contributed by atoms with Crippen LogP contribution in [0.5, 0.6) is 0 Å². The van der Waals surface area contributed by atoms with Crippen LogP contribution in [0, 0.1) is 0 Å². The van der Waals surface area contributed by atoms with Gasteiger partial charge in [0.1, 0.15) is 5.65 Å². The van der Waals surface area contributed by atoms with Crippen molar-refractivity contribution in [3.63, 3.8) is 0 Å². The number of benzene rings is 6. The summed E-state index contributed by atoms with van der Waals surface area (Å²) < 4.78 is 7.44. The zero-order chi connectivity index (χ0) is 26.7. The molecule has 190 valence electrons. The molecule has 3 nitrogen and oxygen atoms in total. The fraction of sp³-hybridized carbons (Fsp3) is 0. The van der Waals surface area contributed by atoms with Crippen LogP contribution in [0.25, 0.3) is 86.0 Å². The first-order valence-electron chi connectivity index (χ1n) is 13.9. The lowest BCUT2D eigenvalue weighted by molar-refractivity contribution is 1.18. The fourth-order valence-electron chi connectivity index (χ4n) is 6.94. The molecular weight excluding hydrogens is 518 g/mol. The first kappa shape index (κ1) is 21.6. The summed E-state index contributed by atoms with van der Waals surface area (Å²) >= 11 is 1.90. The topological polar surface area (TPSA) is 22.2 Å². The van der Waals surface area contributed by atoms with E-state index in [0.29, 0.717) is 0 Å². The van der Waals surface area contributed by atoms with Gasteiger partial charge in [0.05, 0.1) is 27.6 Å². The van der Waals surface area contributed by atoms with Crippen LogP contribution in [0.2, 0.25) is 0 Å². The summed E-state index contributed by atoms with van der Waals surface area (Å²) in [4.78, 5) is 5.19. The van der Waals surface area contributed by atoms with Gasteiger partial charge in [-0.2, -0.15) is 0 Å². The van der Waals surface area contributed by atoms with Gasteiger partial charge in [-0.05, 0) is 60.0 Å². The maximum absolute atomic E-state index is 5.19. The van der Waals surface area contributed by atoms with Crippen molar-refractivity contribution >= 4 is 91.7 Å². The SMILES string of the molecule is c1ccc(-n2c3cc4c(cc3c3c5sc6ccccc6c5ccc32)c2ccccc2n2c3ccccc3nc42)cc1. The summed E-state index contributed by atoms with van der Waals surface area (Å²) in [6.07, 6.45) is 0. The predicted molar refractivity (Wildman–Crippen MR) is 175 cm³/mol. The monoisotopic (exact) mass is 539 g/mol. The van der Waals surface area contributed by atoms with E-state index >= 15 is 0 Å². The maximum atomic E-state index is 5.19. The lowest BCUT2D eigenvalue weighted by Crippen LogP contribution is -1.94. The molecule has 4 heteroatoms. The van der Waals surface area contributed by atoms with Crippen LogP contribution in [0.15, 0.2) is 127 Å². The number of rotatable bonds is 1. The van der Waals surface area contributed by atoms with Gasteiger partial charge < -0.3 is 4.57 Å². The molecule has 41 heavy (non-hydrogen) atoms. The van der Waals surface area contributed by atoms with Crippen molar-refractivity contribution in [2.75, 3.05) is 0 Å². The summed E-state index contributed by atoms with van der Waals surface area (Å²) in [6, 6.07) is 46.2. The largest absolute Gasteiger partial charge is 0.309 e. The van der Waals surface area contributed by atoms with Gasteiger partial charge in [-0.25, -0.2) is 4.98 Å². The highest BCUT2D eigenvalue weighted by Gasteiger charge is 2.21. The molecule has 4 aromatic heterocycles. The first-order chi connectivity index (χ1) is 20.3. The number of nitrogens with zero attached hydrogens (tertiary/aromatic N) is 3. The molecule has 6 aromatic carbocycles. The molecule has 0 bridgehead atoms. The smallest absolute Gasteiger partial charge is 0.146 e. The van der Waals surface area contributed by atoms with E-state index in [1.165, 1.54) is 63.7 Å². The first-order valence-corrected chi connectivity index (χ1v) is 14.7. The molecule has 0 saturated carbocycles. The minimum absolute atomic E-state index is 0.999. The summed E-state index contributed by atoms with van der Waals surface area (Å²) in [5.41, 5.74) is 7.93. The molecule has 4 heterocycles. The molecule has 0 amide bonds. The van der Waals surface area contributed by atoms with Crippen LogP contribution < -0.4 is 0 Å². The molecule has 0 atom stereocenters. The maximum Gasteiger partial charge on any atom is 0.146 e. The highest BCUT2D eigenvalue weighted by Crippen LogP contribution is 2.45. The third-order valence-corrected chi connectivity index (χ3v) is 9.87. The Morgan fingerprint density at radius 1 is 0.488 bits per heavy atom. The van der Waals surface area contributed by atoms with Gasteiger partial charge in [0.25, 0.3) is 0 Å². The Kier molecular flexibility index (Phi) is 4.07. The van der Waals surface area contributed by atoms with Crippen LogP contribution in [0.4, 0.5) is 0 Å². The number of fused-ring (bicyclic) bond motifs is 15. The second-order valence-electron chi connectivity index (χ2n) is 10.8. The molecule has 0 saturated heterocycles. The second-order valence-corrected chi connectivity index (χ2v) is 11.8. The number of para-hydroxylation sites is 4. The van der Waals surface area contributed by atoms with E-state index in [4.69, 9.17) is 4.98 Å². The van der Waals surface area contributed by atoms with Crippen LogP contribution in [0.1, 0.15) is 0 Å². The van der Waals surface area contributed by atoms with E-state index < -0.39 is 0 Å². The standard InChI is InChI=1S/C37H21N3S/c1-2-10-22(11-3-1)39-32-19-18-25-24-13-5-9-17-34(24)41-36(25)35(32)28-20-26-23-12-4-7-15-30(23)40-31-16-8-6-14-29(31)38-37(40)27(26)21-33(28)39/h1-21H. The molecule has 0 aliphatic carbocycles. The molecule has 10 rings (SSSR count). The van der Waals surface area contributed by atoms with Crippen molar-refractivity contribution in [1.29, 1.82) is 0 Å². The summed E-state index contributed by atoms with van der Waals surface area (Å²) in [7, 11) is 0. The van der Waals surface area contributed by atoms with Crippen molar-refractivity contribution in [2.45, 2.75) is 0 Å². The summed E-state index contributed by atoms with van der Waals surface area (Å²) in [5, 5.41) is 8.89. The molecule has 0 aliphatic heterocycles.